The molecule has 3 N–H and O–H groups in total. The van der Waals surface area contributed by atoms with Crippen LogP contribution in [0.5, 0.6) is 5.75 Å². The molecular weight excluding hydrogens is 336 g/mol. The summed E-state index contributed by atoms with van der Waals surface area (Å²) in [6.45, 7) is -0.751. The highest BCUT2D eigenvalue weighted by Crippen LogP contribution is 2.31. The van der Waals surface area contributed by atoms with Crippen LogP contribution in [0.3, 0.4) is 0 Å². The Morgan fingerprint density at radius 3 is 2.56 bits per heavy atom. The normalized spacial score (nSPS) is 13.2. The molecule has 0 amide bonds. The van der Waals surface area contributed by atoms with Crippen LogP contribution >= 0.6 is 27.5 Å². The van der Waals surface area contributed by atoms with E-state index in [9.17, 15) is 13.2 Å². The zero-order chi connectivity index (χ0) is 13.9. The molecule has 1 rings (SSSR count). The number of amidine groups is 1. The Kier molecular flexibility index (Phi) is 4.86. The number of rotatable bonds is 4. The Labute approximate surface area is 115 Å². The van der Waals surface area contributed by atoms with Gasteiger partial charge in [0.1, 0.15) is 24.1 Å². The third kappa shape index (κ3) is 4.06. The van der Waals surface area contributed by atoms with Crippen LogP contribution in [-0.2, 0) is 0 Å². The van der Waals surface area contributed by atoms with Gasteiger partial charge in [0.25, 0.3) is 0 Å². The van der Waals surface area contributed by atoms with Crippen LogP contribution in [0.4, 0.5) is 13.2 Å². The summed E-state index contributed by atoms with van der Waals surface area (Å²) in [5.74, 6) is -2.90. The molecule has 0 saturated heterocycles. The molecule has 0 radical (unpaired) electrons. The van der Waals surface area contributed by atoms with Gasteiger partial charge in [0.15, 0.2) is 0 Å². The lowest BCUT2D eigenvalue weighted by molar-refractivity contribution is -0.162. The second-order valence-electron chi connectivity index (χ2n) is 3.44. The molecule has 3 nitrogen and oxygen atoms in total. The third-order valence-electron chi connectivity index (χ3n) is 2.07. The van der Waals surface area contributed by atoms with Gasteiger partial charge in [-0.1, -0.05) is 11.6 Å². The van der Waals surface area contributed by atoms with Gasteiger partial charge in [-0.05, 0) is 34.1 Å². The molecule has 0 bridgehead atoms. The van der Waals surface area contributed by atoms with Crippen molar-refractivity contribution in [2.75, 3.05) is 6.61 Å². The fraction of sp³-hybridized carbons (Fsp3) is 0.300. The van der Waals surface area contributed by atoms with Crippen molar-refractivity contribution in [1.29, 1.82) is 5.41 Å². The van der Waals surface area contributed by atoms with E-state index in [1.54, 1.807) is 0 Å². The molecule has 100 valence electrons. The average Bonchev–Trinajstić information content (AvgIpc) is 2.18. The minimum Gasteiger partial charge on any atom is -0.491 e. The minimum atomic E-state index is -4.61. The molecule has 0 aliphatic rings. The Morgan fingerprint density at radius 1 is 1.50 bits per heavy atom. The molecular formula is C10H9BrClF3N2O. The maximum absolute atomic E-state index is 12.5. The van der Waals surface area contributed by atoms with Crippen LogP contribution in [-0.4, -0.2) is 18.6 Å². The van der Waals surface area contributed by atoms with E-state index in [4.69, 9.17) is 27.5 Å². The second-order valence-corrected chi connectivity index (χ2v) is 4.73. The summed E-state index contributed by atoms with van der Waals surface area (Å²) in [6.07, 6.45) is -4.61. The van der Waals surface area contributed by atoms with E-state index in [0.29, 0.717) is 9.50 Å². The van der Waals surface area contributed by atoms with Gasteiger partial charge in [-0.3, -0.25) is 5.41 Å². The fourth-order valence-electron chi connectivity index (χ4n) is 1.13. The Hall–Kier alpha value is -0.950. The van der Waals surface area contributed by atoms with Gasteiger partial charge < -0.3 is 10.5 Å². The molecule has 0 fully saturated rings. The van der Waals surface area contributed by atoms with Gasteiger partial charge >= 0.3 is 6.18 Å². The number of nitrogens with one attached hydrogen (secondary N) is 1. The SMILES string of the molecule is N=C(N)C(COc1ccc(Cl)cc1Br)C(F)(F)F. The van der Waals surface area contributed by atoms with E-state index in [1.165, 1.54) is 18.2 Å². The van der Waals surface area contributed by atoms with E-state index in [2.05, 4.69) is 15.9 Å². The zero-order valence-electron chi connectivity index (χ0n) is 8.89. The lowest BCUT2D eigenvalue weighted by atomic mass is 10.1. The summed E-state index contributed by atoms with van der Waals surface area (Å²) in [6, 6.07) is 4.41. The minimum absolute atomic E-state index is 0.204. The van der Waals surface area contributed by atoms with Gasteiger partial charge in [0.2, 0.25) is 0 Å². The average molecular weight is 346 g/mol. The molecule has 0 saturated carbocycles. The van der Waals surface area contributed by atoms with E-state index in [0.717, 1.165) is 0 Å². The fourth-order valence-corrected chi connectivity index (χ4v) is 1.92. The van der Waals surface area contributed by atoms with Crippen molar-refractivity contribution in [2.45, 2.75) is 6.18 Å². The van der Waals surface area contributed by atoms with Crippen molar-refractivity contribution in [2.24, 2.45) is 11.7 Å². The smallest absolute Gasteiger partial charge is 0.401 e. The summed E-state index contributed by atoms with van der Waals surface area (Å²) in [7, 11) is 0. The van der Waals surface area contributed by atoms with Crippen molar-refractivity contribution >= 4 is 33.4 Å². The van der Waals surface area contributed by atoms with Crippen molar-refractivity contribution in [1.82, 2.24) is 0 Å². The van der Waals surface area contributed by atoms with Gasteiger partial charge in [0, 0.05) is 5.02 Å². The number of hydrogen-bond acceptors (Lipinski definition) is 2. The standard InChI is InChI=1S/C10H9BrClF3N2O/c11-7-3-5(12)1-2-8(7)18-4-6(9(16)17)10(13,14)15/h1-3,6H,4H2,(H3,16,17). The number of ether oxygens (including phenoxy) is 1. The van der Waals surface area contributed by atoms with E-state index >= 15 is 0 Å². The lowest BCUT2D eigenvalue weighted by Gasteiger charge is -2.19. The van der Waals surface area contributed by atoms with Gasteiger partial charge in [-0.25, -0.2) is 0 Å². The van der Waals surface area contributed by atoms with Crippen LogP contribution in [0.2, 0.25) is 5.02 Å². The van der Waals surface area contributed by atoms with Crippen LogP contribution in [0.1, 0.15) is 0 Å². The number of halogens is 5. The van der Waals surface area contributed by atoms with Gasteiger partial charge in [-0.15, -0.1) is 0 Å². The molecule has 0 heterocycles. The highest BCUT2D eigenvalue weighted by Gasteiger charge is 2.42. The Balaban J connectivity index is 2.77. The van der Waals surface area contributed by atoms with Crippen molar-refractivity contribution in [3.63, 3.8) is 0 Å². The first-order valence-corrected chi connectivity index (χ1v) is 5.87. The molecule has 18 heavy (non-hydrogen) atoms. The predicted molar refractivity (Wildman–Crippen MR) is 66.1 cm³/mol. The van der Waals surface area contributed by atoms with E-state index in [1.807, 2.05) is 0 Å². The summed E-state index contributed by atoms with van der Waals surface area (Å²) in [5.41, 5.74) is 4.90. The first kappa shape index (κ1) is 15.1. The zero-order valence-corrected chi connectivity index (χ0v) is 11.2. The summed E-state index contributed by atoms with van der Waals surface area (Å²) < 4.78 is 42.9. The first-order valence-electron chi connectivity index (χ1n) is 4.70. The Bertz CT molecular complexity index is 453. The maximum atomic E-state index is 12.5. The van der Waals surface area contributed by atoms with Crippen LogP contribution in [0, 0.1) is 11.3 Å². The number of hydrogen-bond donors (Lipinski definition) is 2. The second kappa shape index (κ2) is 5.79. The maximum Gasteiger partial charge on any atom is 0.401 e. The third-order valence-corrected chi connectivity index (χ3v) is 2.92. The molecule has 1 aromatic rings. The first-order chi connectivity index (χ1) is 8.21. The molecule has 1 atom stereocenters. The quantitative estimate of drug-likeness (QED) is 0.647. The summed E-state index contributed by atoms with van der Waals surface area (Å²) in [5, 5.41) is 7.33. The number of alkyl halides is 3. The molecule has 1 aromatic carbocycles. The molecule has 0 aliphatic carbocycles. The van der Waals surface area contributed by atoms with Crippen LogP contribution < -0.4 is 10.5 Å². The molecule has 0 spiro atoms. The number of nitrogens with two attached hydrogens (primary N) is 1. The molecule has 0 aliphatic heterocycles. The van der Waals surface area contributed by atoms with Gasteiger partial charge in [0.05, 0.1) is 4.47 Å². The topological polar surface area (TPSA) is 59.1 Å². The Morgan fingerprint density at radius 2 is 2.11 bits per heavy atom. The summed E-state index contributed by atoms with van der Waals surface area (Å²) in [4.78, 5) is 0. The van der Waals surface area contributed by atoms with Crippen LogP contribution in [0.15, 0.2) is 22.7 Å². The summed E-state index contributed by atoms with van der Waals surface area (Å²) >= 11 is 8.79. The van der Waals surface area contributed by atoms with E-state index < -0.39 is 24.5 Å². The highest BCUT2D eigenvalue weighted by atomic mass is 79.9. The predicted octanol–water partition coefficient (Wildman–Crippen LogP) is 3.60. The van der Waals surface area contributed by atoms with Crippen molar-refractivity contribution in [3.05, 3.63) is 27.7 Å². The monoisotopic (exact) mass is 344 g/mol. The van der Waals surface area contributed by atoms with Crippen LogP contribution in [0.25, 0.3) is 0 Å². The van der Waals surface area contributed by atoms with E-state index in [-0.39, 0.29) is 5.75 Å². The van der Waals surface area contributed by atoms with Crippen molar-refractivity contribution in [3.8, 4) is 5.75 Å². The number of benzene rings is 1. The lowest BCUT2D eigenvalue weighted by Crippen LogP contribution is -2.39. The molecule has 8 heteroatoms. The van der Waals surface area contributed by atoms with Gasteiger partial charge in [-0.2, -0.15) is 13.2 Å². The largest absolute Gasteiger partial charge is 0.491 e. The highest BCUT2D eigenvalue weighted by molar-refractivity contribution is 9.10. The molecule has 0 aromatic heterocycles. The van der Waals surface area contributed by atoms with Crippen molar-refractivity contribution < 1.29 is 17.9 Å². The molecule has 1 unspecified atom stereocenters.